The number of unbranched alkanes of at least 4 members (excludes halogenated alkanes) is 7. The van der Waals surface area contributed by atoms with E-state index in [9.17, 15) is 4.79 Å². The predicted octanol–water partition coefficient (Wildman–Crippen LogP) is 3.67. The molecule has 18 heavy (non-hydrogen) atoms. The Kier molecular flexibility index (Phi) is 8.86. The lowest BCUT2D eigenvalue weighted by atomic mass is 10.1. The van der Waals surface area contributed by atoms with E-state index in [0.717, 1.165) is 18.8 Å². The highest BCUT2D eigenvalue weighted by Crippen LogP contribution is 2.07. The van der Waals surface area contributed by atoms with E-state index in [0.29, 0.717) is 0 Å². The number of hydrogen-bond donors (Lipinski definition) is 2. The average molecular weight is 270 g/mol. The third kappa shape index (κ3) is 7.67. The third-order valence-electron chi connectivity index (χ3n) is 3.09. The van der Waals surface area contributed by atoms with Gasteiger partial charge >= 0.3 is 4.87 Å². The van der Waals surface area contributed by atoms with Crippen molar-refractivity contribution in [2.24, 2.45) is 0 Å². The molecular weight excluding hydrogens is 244 g/mol. The SMILES string of the molecule is CCCCCCCCCCNCc1csc(=O)[nH]1. The third-order valence-corrected chi connectivity index (χ3v) is 3.81. The predicted molar refractivity (Wildman–Crippen MR) is 79.3 cm³/mol. The van der Waals surface area contributed by atoms with Gasteiger partial charge in [-0.1, -0.05) is 63.2 Å². The largest absolute Gasteiger partial charge is 0.315 e. The van der Waals surface area contributed by atoms with Crippen LogP contribution >= 0.6 is 11.3 Å². The van der Waals surface area contributed by atoms with E-state index in [1.807, 2.05) is 5.38 Å². The lowest BCUT2D eigenvalue weighted by molar-refractivity contribution is 0.553. The quantitative estimate of drug-likeness (QED) is 0.603. The summed E-state index contributed by atoms with van der Waals surface area (Å²) in [6.07, 6.45) is 10.8. The molecule has 4 heteroatoms. The van der Waals surface area contributed by atoms with Gasteiger partial charge < -0.3 is 10.3 Å². The first-order valence-electron chi connectivity index (χ1n) is 7.20. The van der Waals surface area contributed by atoms with Gasteiger partial charge in [0.25, 0.3) is 0 Å². The van der Waals surface area contributed by atoms with E-state index in [-0.39, 0.29) is 4.87 Å². The zero-order chi connectivity index (χ0) is 13.1. The van der Waals surface area contributed by atoms with Gasteiger partial charge in [-0.25, -0.2) is 0 Å². The van der Waals surface area contributed by atoms with E-state index >= 15 is 0 Å². The van der Waals surface area contributed by atoms with Gasteiger partial charge in [-0.05, 0) is 13.0 Å². The maximum atomic E-state index is 10.9. The summed E-state index contributed by atoms with van der Waals surface area (Å²) in [4.78, 5) is 13.8. The fourth-order valence-electron chi connectivity index (χ4n) is 2.01. The van der Waals surface area contributed by atoms with Crippen molar-refractivity contribution in [3.05, 3.63) is 20.7 Å². The van der Waals surface area contributed by atoms with Crippen molar-refractivity contribution in [1.29, 1.82) is 0 Å². The Morgan fingerprint density at radius 3 is 2.39 bits per heavy atom. The monoisotopic (exact) mass is 270 g/mol. The molecule has 0 fully saturated rings. The maximum absolute atomic E-state index is 10.9. The summed E-state index contributed by atoms with van der Waals surface area (Å²) in [7, 11) is 0. The average Bonchev–Trinajstić information content (AvgIpc) is 2.77. The minimum atomic E-state index is 0.0406. The molecule has 0 aliphatic carbocycles. The van der Waals surface area contributed by atoms with Gasteiger partial charge in [-0.15, -0.1) is 0 Å². The highest BCUT2D eigenvalue weighted by molar-refractivity contribution is 7.07. The number of rotatable bonds is 11. The smallest absolute Gasteiger partial charge is 0.304 e. The lowest BCUT2D eigenvalue weighted by Crippen LogP contribution is -2.15. The molecule has 0 spiro atoms. The van der Waals surface area contributed by atoms with E-state index in [1.54, 1.807) is 0 Å². The van der Waals surface area contributed by atoms with E-state index in [4.69, 9.17) is 0 Å². The lowest BCUT2D eigenvalue weighted by Gasteiger charge is -2.03. The van der Waals surface area contributed by atoms with E-state index in [1.165, 1.54) is 62.7 Å². The fourth-order valence-corrected chi connectivity index (χ4v) is 2.59. The minimum Gasteiger partial charge on any atom is -0.315 e. The first-order valence-corrected chi connectivity index (χ1v) is 8.08. The maximum Gasteiger partial charge on any atom is 0.304 e. The molecule has 0 aliphatic heterocycles. The molecule has 0 unspecified atom stereocenters. The standard InChI is InChI=1S/C14H26N2OS/c1-2-3-4-5-6-7-8-9-10-15-11-13-12-18-14(17)16-13/h12,15H,2-11H2,1H3,(H,16,17). The van der Waals surface area contributed by atoms with Gasteiger partial charge in [-0.2, -0.15) is 0 Å². The van der Waals surface area contributed by atoms with Crippen LogP contribution in [-0.2, 0) is 6.54 Å². The Bertz CT molecular complexity index is 346. The van der Waals surface area contributed by atoms with Gasteiger partial charge in [0, 0.05) is 17.6 Å². The van der Waals surface area contributed by atoms with Crippen molar-refractivity contribution in [3.8, 4) is 0 Å². The molecule has 0 saturated carbocycles. The molecule has 0 aromatic carbocycles. The van der Waals surface area contributed by atoms with Crippen molar-refractivity contribution >= 4 is 11.3 Å². The van der Waals surface area contributed by atoms with Crippen LogP contribution in [0.1, 0.15) is 64.0 Å². The molecule has 1 aromatic rings. The van der Waals surface area contributed by atoms with Crippen LogP contribution in [0.3, 0.4) is 0 Å². The molecule has 1 aromatic heterocycles. The fraction of sp³-hybridized carbons (Fsp3) is 0.786. The van der Waals surface area contributed by atoms with Crippen LogP contribution in [0.15, 0.2) is 10.2 Å². The Balaban J connectivity index is 1.83. The molecule has 104 valence electrons. The first-order chi connectivity index (χ1) is 8.83. The number of hydrogen-bond acceptors (Lipinski definition) is 3. The number of nitrogens with one attached hydrogen (secondary N) is 2. The van der Waals surface area contributed by atoms with Crippen molar-refractivity contribution in [1.82, 2.24) is 10.3 Å². The minimum absolute atomic E-state index is 0.0406. The second kappa shape index (κ2) is 10.3. The molecule has 0 aliphatic rings. The van der Waals surface area contributed by atoms with E-state index < -0.39 is 0 Å². The Morgan fingerprint density at radius 1 is 1.11 bits per heavy atom. The molecule has 1 rings (SSSR count). The normalized spacial score (nSPS) is 10.9. The summed E-state index contributed by atoms with van der Waals surface area (Å²) in [5, 5.41) is 5.25. The van der Waals surface area contributed by atoms with Crippen molar-refractivity contribution < 1.29 is 0 Å². The highest BCUT2D eigenvalue weighted by Gasteiger charge is 1.95. The van der Waals surface area contributed by atoms with Crippen LogP contribution in [0, 0.1) is 0 Å². The van der Waals surface area contributed by atoms with Crippen LogP contribution in [-0.4, -0.2) is 11.5 Å². The van der Waals surface area contributed by atoms with E-state index in [2.05, 4.69) is 17.2 Å². The summed E-state index contributed by atoms with van der Waals surface area (Å²) in [5.74, 6) is 0. The van der Waals surface area contributed by atoms with Crippen LogP contribution in [0.5, 0.6) is 0 Å². The van der Waals surface area contributed by atoms with Gasteiger partial charge in [0.2, 0.25) is 0 Å². The summed E-state index contributed by atoms with van der Waals surface area (Å²) in [6, 6.07) is 0. The number of aromatic amines is 1. The molecule has 0 atom stereocenters. The zero-order valence-electron chi connectivity index (χ0n) is 11.5. The number of thiazole rings is 1. The summed E-state index contributed by atoms with van der Waals surface area (Å²) in [6.45, 7) is 4.09. The van der Waals surface area contributed by atoms with Crippen LogP contribution in [0.25, 0.3) is 0 Å². The first kappa shape index (κ1) is 15.4. The molecule has 0 bridgehead atoms. The number of H-pyrrole nitrogens is 1. The van der Waals surface area contributed by atoms with Crippen LogP contribution < -0.4 is 10.2 Å². The topological polar surface area (TPSA) is 44.9 Å². The number of aromatic nitrogens is 1. The molecule has 2 N–H and O–H groups in total. The van der Waals surface area contributed by atoms with Crippen molar-refractivity contribution in [2.75, 3.05) is 6.54 Å². The molecule has 0 amide bonds. The summed E-state index contributed by atoms with van der Waals surface area (Å²) >= 11 is 1.23. The van der Waals surface area contributed by atoms with Crippen molar-refractivity contribution in [3.63, 3.8) is 0 Å². The Hall–Kier alpha value is -0.610. The van der Waals surface area contributed by atoms with Crippen molar-refractivity contribution in [2.45, 2.75) is 64.8 Å². The molecule has 3 nitrogen and oxygen atoms in total. The van der Waals surface area contributed by atoms with Gasteiger partial charge in [-0.3, -0.25) is 4.79 Å². The Morgan fingerprint density at radius 2 is 1.78 bits per heavy atom. The zero-order valence-corrected chi connectivity index (χ0v) is 12.3. The molecule has 0 radical (unpaired) electrons. The second-order valence-electron chi connectivity index (χ2n) is 4.83. The summed E-state index contributed by atoms with van der Waals surface area (Å²) < 4.78 is 0. The van der Waals surface area contributed by atoms with Gasteiger partial charge in [0.1, 0.15) is 0 Å². The summed E-state index contributed by atoms with van der Waals surface area (Å²) in [5.41, 5.74) is 1.00. The van der Waals surface area contributed by atoms with Gasteiger partial charge in [0.15, 0.2) is 0 Å². The molecule has 1 heterocycles. The molecule has 0 saturated heterocycles. The second-order valence-corrected chi connectivity index (χ2v) is 5.67. The Labute approximate surface area is 114 Å². The van der Waals surface area contributed by atoms with Crippen LogP contribution in [0.2, 0.25) is 0 Å². The molecular formula is C14H26N2OS. The highest BCUT2D eigenvalue weighted by atomic mass is 32.1. The van der Waals surface area contributed by atoms with Gasteiger partial charge in [0.05, 0.1) is 0 Å². The van der Waals surface area contributed by atoms with Crippen LogP contribution in [0.4, 0.5) is 0 Å².